The Hall–Kier alpha value is -4.04. The molecular weight excluding hydrogens is 653 g/mol. The van der Waals surface area contributed by atoms with Gasteiger partial charge in [-0.25, -0.2) is 9.55 Å². The first kappa shape index (κ1) is 37.8. The number of nitrogens with one attached hydrogen (secondary N) is 2. The summed E-state index contributed by atoms with van der Waals surface area (Å²) in [6, 6.07) is 6.52. The summed E-state index contributed by atoms with van der Waals surface area (Å²) in [5.41, 5.74) is 11.4. The highest BCUT2D eigenvalue weighted by molar-refractivity contribution is 7.52. The molecule has 1 aliphatic carbocycles. The molecule has 2 aromatic heterocycles. The van der Waals surface area contributed by atoms with E-state index in [0.29, 0.717) is 6.42 Å². The van der Waals surface area contributed by atoms with Crippen molar-refractivity contribution in [3.63, 3.8) is 0 Å². The summed E-state index contributed by atoms with van der Waals surface area (Å²) in [7, 11) is -4.25. The number of nitrogen functional groups attached to an aromatic ring is 1. The maximum absolute atomic E-state index is 14.3. The predicted octanol–water partition coefficient (Wildman–Crippen LogP) is 4.40. The van der Waals surface area contributed by atoms with Gasteiger partial charge in [0.15, 0.2) is 11.2 Å². The number of anilines is 1. The Kier molecular flexibility index (Phi) is 12.8. The summed E-state index contributed by atoms with van der Waals surface area (Å²) in [4.78, 5) is 48.9. The first-order chi connectivity index (χ1) is 23.3. The second-order valence-corrected chi connectivity index (χ2v) is 14.6. The molecule has 16 heteroatoms. The molecule has 0 saturated heterocycles. The zero-order valence-corrected chi connectivity index (χ0v) is 29.6. The van der Waals surface area contributed by atoms with E-state index in [1.807, 2.05) is 0 Å². The lowest BCUT2D eigenvalue weighted by Gasteiger charge is -2.25. The molecule has 0 spiro atoms. The fraction of sp³-hybridized carbons (Fsp3) is 0.545. The number of imidazole rings is 1. The Morgan fingerprint density at radius 2 is 1.80 bits per heavy atom. The smallest absolute Gasteiger partial charge is 0.459 e. The molecule has 2 heterocycles. The highest BCUT2D eigenvalue weighted by Crippen LogP contribution is 2.56. The number of H-pyrrole nitrogens is 1. The number of nitrogens with zero attached hydrogens (tertiary/aromatic N) is 3. The molecule has 1 aliphatic rings. The van der Waals surface area contributed by atoms with E-state index in [2.05, 4.69) is 33.9 Å². The first-order valence-electron chi connectivity index (χ1n) is 16.6. The molecular formula is C33H48N7O8P. The Morgan fingerprint density at radius 3 is 2.45 bits per heavy atom. The van der Waals surface area contributed by atoms with Crippen LogP contribution in [0.25, 0.3) is 17.4 Å². The van der Waals surface area contributed by atoms with E-state index in [1.54, 1.807) is 50.4 Å². The standard InChI is InChI=1S/C33H48N7O8P/c1-6-11-23(12-7-2)17-45-30(42)22(5)39-49(44,48-25-13-9-8-10-14-25)47-19-33(18-46-31(43)26(34)21(3)4)15-24(33)16-40-20-36-27-28(40)37-32(35)38-29(27)41/h8-10,13-14,16,20-23,26H,6-7,11-12,15,17-19,34H2,1-5H3,(H,39,44)(H3,35,37,38,41)/b24-16-/t22-,26+,33-,49-/m0/s1. The van der Waals surface area contributed by atoms with Gasteiger partial charge in [0.25, 0.3) is 5.56 Å². The minimum Gasteiger partial charge on any atom is -0.464 e. The molecule has 0 aliphatic heterocycles. The van der Waals surface area contributed by atoms with Gasteiger partial charge >= 0.3 is 19.7 Å². The molecule has 4 atom stereocenters. The maximum Gasteiger partial charge on any atom is 0.459 e. The number of aromatic nitrogens is 4. The molecule has 1 aromatic carbocycles. The molecule has 268 valence electrons. The number of carbonyl (C=O) groups is 2. The van der Waals surface area contributed by atoms with E-state index >= 15 is 0 Å². The topological polar surface area (TPSA) is 216 Å². The van der Waals surface area contributed by atoms with Gasteiger partial charge < -0.3 is 25.5 Å². The Morgan fingerprint density at radius 1 is 1.10 bits per heavy atom. The van der Waals surface area contributed by atoms with Crippen molar-refractivity contribution in [2.24, 2.45) is 23.0 Å². The Bertz CT molecular complexity index is 1720. The van der Waals surface area contributed by atoms with E-state index in [9.17, 15) is 18.9 Å². The number of para-hydroxylation sites is 1. The van der Waals surface area contributed by atoms with Gasteiger partial charge in [0, 0.05) is 6.20 Å². The lowest BCUT2D eigenvalue weighted by atomic mass is 9.99. The minimum atomic E-state index is -4.25. The number of esters is 2. The number of benzene rings is 1. The van der Waals surface area contributed by atoms with Gasteiger partial charge in [-0.3, -0.25) is 28.5 Å². The SMILES string of the molecule is CCCC(CCC)COC(=O)[C@H](C)N[P@](=O)(OC[C@@]1(COC(=O)[C@H](N)C(C)C)C/C1=C/n1cnc2c(=O)[nH]c(N)nc21)Oc1ccccc1. The van der Waals surface area contributed by atoms with Gasteiger partial charge in [0.1, 0.15) is 30.8 Å². The van der Waals surface area contributed by atoms with Crippen molar-refractivity contribution in [2.75, 3.05) is 25.6 Å². The average Bonchev–Trinajstić information content (AvgIpc) is 3.59. The normalized spacial score (nSPS) is 19.1. The molecule has 0 amide bonds. The van der Waals surface area contributed by atoms with Crippen molar-refractivity contribution >= 4 is 43.0 Å². The highest BCUT2D eigenvalue weighted by atomic mass is 31.2. The number of carbonyl (C=O) groups excluding carboxylic acids is 2. The molecule has 15 nitrogen and oxygen atoms in total. The molecule has 1 saturated carbocycles. The third-order valence-corrected chi connectivity index (χ3v) is 9.98. The van der Waals surface area contributed by atoms with E-state index in [-0.39, 0.29) is 54.5 Å². The first-order valence-corrected chi connectivity index (χ1v) is 18.1. The van der Waals surface area contributed by atoms with Crippen LogP contribution < -0.4 is 26.6 Å². The maximum atomic E-state index is 14.3. The van der Waals surface area contributed by atoms with Crippen molar-refractivity contribution < 1.29 is 32.7 Å². The third kappa shape index (κ3) is 10.0. The molecule has 0 bridgehead atoms. The molecule has 0 radical (unpaired) electrons. The monoisotopic (exact) mass is 701 g/mol. The van der Waals surface area contributed by atoms with Crippen LogP contribution in [-0.2, 0) is 28.2 Å². The lowest BCUT2D eigenvalue weighted by molar-refractivity contribution is -0.148. The van der Waals surface area contributed by atoms with E-state index < -0.39 is 42.7 Å². The van der Waals surface area contributed by atoms with Crippen LogP contribution in [0.2, 0.25) is 0 Å². The zero-order valence-electron chi connectivity index (χ0n) is 28.7. The average molecular weight is 702 g/mol. The largest absolute Gasteiger partial charge is 0.464 e. The van der Waals surface area contributed by atoms with Crippen molar-refractivity contribution in [1.82, 2.24) is 24.6 Å². The number of hydrogen-bond acceptors (Lipinski definition) is 12. The van der Waals surface area contributed by atoms with Crippen LogP contribution in [0.3, 0.4) is 0 Å². The molecule has 49 heavy (non-hydrogen) atoms. The summed E-state index contributed by atoms with van der Waals surface area (Å²) in [5.74, 6) is -0.951. The van der Waals surface area contributed by atoms with E-state index in [1.165, 1.54) is 17.8 Å². The predicted molar refractivity (Wildman–Crippen MR) is 185 cm³/mol. The molecule has 6 N–H and O–H groups in total. The van der Waals surface area contributed by atoms with Gasteiger partial charge in [-0.05, 0) is 55.7 Å². The zero-order chi connectivity index (χ0) is 35.8. The highest BCUT2D eigenvalue weighted by Gasteiger charge is 2.52. The molecule has 1 fully saturated rings. The van der Waals surface area contributed by atoms with Gasteiger partial charge in [-0.2, -0.15) is 10.1 Å². The van der Waals surface area contributed by atoms with Gasteiger partial charge in [-0.1, -0.05) is 58.7 Å². The van der Waals surface area contributed by atoms with E-state index in [4.69, 9.17) is 30.0 Å². The van der Waals surface area contributed by atoms with Crippen molar-refractivity contribution in [1.29, 1.82) is 0 Å². The van der Waals surface area contributed by atoms with E-state index in [0.717, 1.165) is 31.3 Å². The third-order valence-electron chi connectivity index (χ3n) is 8.35. The van der Waals surface area contributed by atoms with Crippen molar-refractivity contribution in [2.45, 2.75) is 78.8 Å². The van der Waals surface area contributed by atoms with Crippen LogP contribution in [0.5, 0.6) is 5.75 Å². The Labute approximate surface area is 285 Å². The molecule has 4 rings (SSSR count). The fourth-order valence-corrected chi connectivity index (χ4v) is 6.85. The van der Waals surface area contributed by atoms with Gasteiger partial charge in [-0.15, -0.1) is 0 Å². The number of ether oxygens (including phenoxy) is 2. The lowest BCUT2D eigenvalue weighted by Crippen LogP contribution is -2.38. The van der Waals surface area contributed by atoms with Crippen molar-refractivity contribution in [3.8, 4) is 5.75 Å². The number of nitrogens with two attached hydrogens (primary N) is 2. The molecule has 0 unspecified atom stereocenters. The van der Waals surface area contributed by atoms with Crippen LogP contribution in [0.4, 0.5) is 5.95 Å². The second kappa shape index (κ2) is 16.6. The number of rotatable bonds is 19. The fourth-order valence-electron chi connectivity index (χ4n) is 5.28. The number of hydrogen-bond donors (Lipinski definition) is 4. The summed E-state index contributed by atoms with van der Waals surface area (Å²) in [5, 5.41) is 2.74. The van der Waals surface area contributed by atoms with Crippen LogP contribution >= 0.6 is 7.75 Å². The van der Waals surface area contributed by atoms with Crippen LogP contribution in [0.15, 0.2) is 47.0 Å². The van der Waals surface area contributed by atoms with Crippen LogP contribution in [0.1, 0.15) is 66.7 Å². The van der Waals surface area contributed by atoms with Crippen LogP contribution in [-0.4, -0.2) is 63.4 Å². The summed E-state index contributed by atoms with van der Waals surface area (Å²) in [6.45, 7) is 9.18. The van der Waals surface area contributed by atoms with Crippen molar-refractivity contribution in [3.05, 3.63) is 52.6 Å². The number of fused-ring (bicyclic) bond motifs is 1. The summed E-state index contributed by atoms with van der Waals surface area (Å²) >= 11 is 0. The Balaban J connectivity index is 1.58. The molecule has 3 aromatic rings. The van der Waals surface area contributed by atoms with Gasteiger partial charge in [0.05, 0.1) is 18.6 Å². The summed E-state index contributed by atoms with van der Waals surface area (Å²) in [6.07, 6.45) is 7.26. The second-order valence-electron chi connectivity index (χ2n) is 12.9. The van der Waals surface area contributed by atoms with Gasteiger partial charge in [0.2, 0.25) is 5.95 Å². The van der Waals surface area contributed by atoms with Crippen LogP contribution in [0, 0.1) is 17.3 Å². The number of aromatic amines is 1. The summed E-state index contributed by atoms with van der Waals surface area (Å²) < 4.78 is 39.0. The quantitative estimate of drug-likeness (QED) is 0.101. The minimum absolute atomic E-state index is 0.0800.